The Morgan fingerprint density at radius 3 is 1.11 bits per heavy atom. The maximum Gasteiger partial charge on any atom is 0.0566 e. The minimum absolute atomic E-state index is 0.343. The highest BCUT2D eigenvalue weighted by atomic mass is 16.5. The van der Waals surface area contributed by atoms with Crippen molar-refractivity contribution in [2.75, 3.05) is 52.9 Å². The molecule has 2 rings (SSSR count). The molecule has 0 bridgehead atoms. The molecule has 0 saturated carbocycles. The van der Waals surface area contributed by atoms with Gasteiger partial charge in [0.25, 0.3) is 0 Å². The van der Waals surface area contributed by atoms with Gasteiger partial charge in [-0.15, -0.1) is 0 Å². The third-order valence-corrected chi connectivity index (χ3v) is 6.78. The molecule has 0 aromatic carbocycles. The molecule has 28 heavy (non-hydrogen) atoms. The van der Waals surface area contributed by atoms with E-state index in [-0.39, 0.29) is 0 Å². The van der Waals surface area contributed by atoms with Gasteiger partial charge in [0.1, 0.15) is 0 Å². The van der Waals surface area contributed by atoms with Gasteiger partial charge in [-0.25, -0.2) is 0 Å². The fourth-order valence-corrected chi connectivity index (χ4v) is 3.96. The summed E-state index contributed by atoms with van der Waals surface area (Å²) < 4.78 is 22.4. The Balaban J connectivity index is 1.24. The number of hydrogen-bond donors (Lipinski definition) is 0. The number of unbranched alkanes of at least 4 members (excludes halogenated alkanes) is 9. The molecule has 166 valence electrons. The van der Waals surface area contributed by atoms with Gasteiger partial charge >= 0.3 is 0 Å². The zero-order chi connectivity index (χ0) is 20.0. The standard InChI is InChI=1S/C24H46O4/c1-3-23(19-27-20-23)17-25-15-13-11-9-7-5-6-8-10-12-14-16-26-18-24(4-2)21-28-22-24/h3-22H2,1-2H3. The predicted molar refractivity (Wildman–Crippen MR) is 115 cm³/mol. The third kappa shape index (κ3) is 8.69. The smallest absolute Gasteiger partial charge is 0.0566 e. The lowest BCUT2D eigenvalue weighted by Gasteiger charge is -2.40. The van der Waals surface area contributed by atoms with Crippen LogP contribution in [0.2, 0.25) is 0 Å². The summed E-state index contributed by atoms with van der Waals surface area (Å²) in [6, 6.07) is 0. The first-order chi connectivity index (χ1) is 13.7. The zero-order valence-electron chi connectivity index (χ0n) is 18.8. The zero-order valence-corrected chi connectivity index (χ0v) is 18.8. The van der Waals surface area contributed by atoms with Crippen LogP contribution in [-0.4, -0.2) is 52.9 Å². The van der Waals surface area contributed by atoms with Crippen molar-refractivity contribution in [3.8, 4) is 0 Å². The normalized spacial score (nSPS) is 19.9. The van der Waals surface area contributed by atoms with Crippen LogP contribution in [0.4, 0.5) is 0 Å². The van der Waals surface area contributed by atoms with E-state index in [1.54, 1.807) is 0 Å². The van der Waals surface area contributed by atoms with Gasteiger partial charge in [-0.2, -0.15) is 0 Å². The van der Waals surface area contributed by atoms with Crippen molar-refractivity contribution in [1.29, 1.82) is 0 Å². The summed E-state index contributed by atoms with van der Waals surface area (Å²) in [5.74, 6) is 0. The van der Waals surface area contributed by atoms with Gasteiger partial charge in [0.2, 0.25) is 0 Å². The summed E-state index contributed by atoms with van der Waals surface area (Å²) in [4.78, 5) is 0. The third-order valence-electron chi connectivity index (χ3n) is 6.78. The summed E-state index contributed by atoms with van der Waals surface area (Å²) in [7, 11) is 0. The van der Waals surface area contributed by atoms with Crippen LogP contribution in [0.25, 0.3) is 0 Å². The first-order valence-electron chi connectivity index (χ1n) is 12.1. The van der Waals surface area contributed by atoms with Crippen LogP contribution >= 0.6 is 0 Å². The van der Waals surface area contributed by atoms with Gasteiger partial charge in [-0.05, 0) is 25.7 Å². The van der Waals surface area contributed by atoms with Crippen LogP contribution in [0, 0.1) is 10.8 Å². The van der Waals surface area contributed by atoms with E-state index in [1.807, 2.05) is 0 Å². The molecule has 0 aliphatic carbocycles. The Morgan fingerprint density at radius 2 is 0.857 bits per heavy atom. The second kappa shape index (κ2) is 14.0. The SMILES string of the molecule is CCC1(COCCCCCCCCCCCCOCC2(CC)COC2)COC1. The monoisotopic (exact) mass is 398 g/mol. The van der Waals surface area contributed by atoms with Gasteiger partial charge in [0, 0.05) is 24.0 Å². The maximum atomic E-state index is 5.87. The van der Waals surface area contributed by atoms with Crippen LogP contribution in [0.3, 0.4) is 0 Å². The largest absolute Gasteiger partial charge is 0.381 e. The van der Waals surface area contributed by atoms with Crippen LogP contribution in [-0.2, 0) is 18.9 Å². The van der Waals surface area contributed by atoms with E-state index < -0.39 is 0 Å². The molecule has 2 saturated heterocycles. The van der Waals surface area contributed by atoms with E-state index in [1.165, 1.54) is 77.0 Å². The molecule has 2 aliphatic rings. The number of ether oxygens (including phenoxy) is 4. The quantitative estimate of drug-likeness (QED) is 0.259. The van der Waals surface area contributed by atoms with Crippen molar-refractivity contribution >= 4 is 0 Å². The molecule has 0 spiro atoms. The molecule has 0 radical (unpaired) electrons. The van der Waals surface area contributed by atoms with E-state index in [0.717, 1.165) is 52.9 Å². The van der Waals surface area contributed by atoms with E-state index in [9.17, 15) is 0 Å². The molecular weight excluding hydrogens is 352 g/mol. The fourth-order valence-electron chi connectivity index (χ4n) is 3.96. The second-order valence-corrected chi connectivity index (χ2v) is 9.33. The topological polar surface area (TPSA) is 36.9 Å². The highest BCUT2D eigenvalue weighted by Gasteiger charge is 2.37. The molecule has 0 unspecified atom stereocenters. The summed E-state index contributed by atoms with van der Waals surface area (Å²) in [6.07, 6.45) is 15.7. The average Bonchev–Trinajstić information content (AvgIpc) is 2.65. The van der Waals surface area contributed by atoms with Crippen molar-refractivity contribution < 1.29 is 18.9 Å². The highest BCUT2D eigenvalue weighted by molar-refractivity contribution is 4.84. The van der Waals surface area contributed by atoms with Gasteiger partial charge in [0.05, 0.1) is 39.6 Å². The van der Waals surface area contributed by atoms with Crippen molar-refractivity contribution in [3.05, 3.63) is 0 Å². The van der Waals surface area contributed by atoms with Crippen LogP contribution in [0.15, 0.2) is 0 Å². The van der Waals surface area contributed by atoms with Gasteiger partial charge in [-0.1, -0.05) is 65.2 Å². The summed E-state index contributed by atoms with van der Waals surface area (Å²) in [5.41, 5.74) is 0.685. The molecule has 2 aliphatic heterocycles. The van der Waals surface area contributed by atoms with Crippen molar-refractivity contribution in [2.45, 2.75) is 90.9 Å². The van der Waals surface area contributed by atoms with E-state index >= 15 is 0 Å². The first kappa shape index (κ1) is 24.1. The maximum absolute atomic E-state index is 5.87. The molecular formula is C24H46O4. The molecule has 0 aromatic heterocycles. The lowest BCUT2D eigenvalue weighted by atomic mass is 9.84. The minimum Gasteiger partial charge on any atom is -0.381 e. The molecule has 0 amide bonds. The molecule has 0 atom stereocenters. The van der Waals surface area contributed by atoms with Crippen LogP contribution in [0.1, 0.15) is 90.9 Å². The average molecular weight is 399 g/mol. The molecule has 2 fully saturated rings. The van der Waals surface area contributed by atoms with Crippen molar-refractivity contribution in [2.24, 2.45) is 10.8 Å². The Morgan fingerprint density at radius 1 is 0.536 bits per heavy atom. The minimum atomic E-state index is 0.343. The van der Waals surface area contributed by atoms with Crippen molar-refractivity contribution in [3.63, 3.8) is 0 Å². The number of rotatable bonds is 19. The van der Waals surface area contributed by atoms with Crippen molar-refractivity contribution in [1.82, 2.24) is 0 Å². The second-order valence-electron chi connectivity index (χ2n) is 9.33. The first-order valence-corrected chi connectivity index (χ1v) is 12.1. The summed E-state index contributed by atoms with van der Waals surface area (Å²) >= 11 is 0. The molecule has 0 N–H and O–H groups in total. The Labute approximate surface area is 174 Å². The Hall–Kier alpha value is -0.160. The fraction of sp³-hybridized carbons (Fsp3) is 1.00. The molecule has 4 heteroatoms. The van der Waals surface area contributed by atoms with E-state index in [4.69, 9.17) is 18.9 Å². The molecule has 4 nitrogen and oxygen atoms in total. The van der Waals surface area contributed by atoms with E-state index in [0.29, 0.717) is 10.8 Å². The Kier molecular flexibility index (Phi) is 12.0. The summed E-state index contributed by atoms with van der Waals surface area (Å²) in [5, 5.41) is 0. The highest BCUT2D eigenvalue weighted by Crippen LogP contribution is 2.32. The van der Waals surface area contributed by atoms with Gasteiger partial charge in [-0.3, -0.25) is 0 Å². The Bertz CT molecular complexity index is 330. The van der Waals surface area contributed by atoms with Gasteiger partial charge in [0.15, 0.2) is 0 Å². The predicted octanol–water partition coefficient (Wildman–Crippen LogP) is 5.77. The van der Waals surface area contributed by atoms with E-state index in [2.05, 4.69) is 13.8 Å². The lowest BCUT2D eigenvalue weighted by molar-refractivity contribution is -0.150. The summed E-state index contributed by atoms with van der Waals surface area (Å²) in [6.45, 7) is 11.7. The van der Waals surface area contributed by atoms with Crippen LogP contribution in [0.5, 0.6) is 0 Å². The lowest BCUT2D eigenvalue weighted by Crippen LogP contribution is -2.45. The van der Waals surface area contributed by atoms with Crippen LogP contribution < -0.4 is 0 Å². The van der Waals surface area contributed by atoms with Gasteiger partial charge < -0.3 is 18.9 Å². The number of hydrogen-bond acceptors (Lipinski definition) is 4. The molecule has 2 heterocycles. The molecule has 0 aromatic rings.